The fraction of sp³-hybridized carbons (Fsp3) is 0.444. The van der Waals surface area contributed by atoms with Gasteiger partial charge in [0.2, 0.25) is 5.91 Å². The van der Waals surface area contributed by atoms with Crippen LogP contribution in [0.5, 0.6) is 0 Å². The molecule has 2 aromatic rings. The highest BCUT2D eigenvalue weighted by Crippen LogP contribution is 2.23. The average molecular weight is 372 g/mol. The number of likely N-dealkylation sites (tertiary alicyclic amines) is 1. The summed E-state index contributed by atoms with van der Waals surface area (Å²) in [5, 5.41) is 9.51. The first kappa shape index (κ1) is 18.8. The molecule has 144 valence electrons. The van der Waals surface area contributed by atoms with Gasteiger partial charge in [0, 0.05) is 43.0 Å². The Bertz CT molecular complexity index is 792. The average Bonchev–Trinajstić information content (AvgIpc) is 3.26. The first-order valence-corrected chi connectivity index (χ1v) is 8.89. The highest BCUT2D eigenvalue weighted by Gasteiger charge is 2.38. The lowest BCUT2D eigenvalue weighted by molar-refractivity contribution is -0.126. The van der Waals surface area contributed by atoms with E-state index in [9.17, 15) is 9.59 Å². The van der Waals surface area contributed by atoms with Crippen LogP contribution in [0.4, 0.5) is 5.82 Å². The van der Waals surface area contributed by atoms with Crippen molar-refractivity contribution in [2.24, 2.45) is 0 Å². The summed E-state index contributed by atoms with van der Waals surface area (Å²) < 4.78 is 4.71. The van der Waals surface area contributed by atoms with Gasteiger partial charge in [-0.25, -0.2) is 4.98 Å². The molecule has 1 saturated heterocycles. The van der Waals surface area contributed by atoms with E-state index in [1.165, 1.54) is 12.3 Å². The van der Waals surface area contributed by atoms with Gasteiger partial charge in [-0.3, -0.25) is 14.5 Å². The Morgan fingerprint density at radius 2 is 2.22 bits per heavy atom. The van der Waals surface area contributed by atoms with Gasteiger partial charge < -0.3 is 20.9 Å². The van der Waals surface area contributed by atoms with E-state index in [0.29, 0.717) is 25.3 Å². The Hall–Kier alpha value is -2.94. The maximum atomic E-state index is 12.7. The van der Waals surface area contributed by atoms with Gasteiger partial charge in [-0.05, 0) is 26.3 Å². The van der Waals surface area contributed by atoms with E-state index in [2.05, 4.69) is 20.8 Å². The Morgan fingerprint density at radius 3 is 2.89 bits per heavy atom. The van der Waals surface area contributed by atoms with Crippen molar-refractivity contribution in [2.75, 3.05) is 12.3 Å². The molecular weight excluding hydrogens is 348 g/mol. The Labute approximate surface area is 157 Å². The second-order valence-corrected chi connectivity index (χ2v) is 6.95. The number of rotatable bonds is 6. The zero-order valence-electron chi connectivity index (χ0n) is 15.4. The molecule has 3 rings (SSSR count). The minimum absolute atomic E-state index is 0.0339. The number of nitrogen functional groups attached to an aromatic ring is 1. The van der Waals surface area contributed by atoms with E-state index in [1.807, 2.05) is 30.9 Å². The van der Waals surface area contributed by atoms with E-state index >= 15 is 0 Å². The molecule has 0 spiro atoms. The SMILES string of the molecule is CC(C)NC(=O)[C@@H]1C[C@@H](NC(=O)c2ccon2)CN1Cc1cccnc1N. The zero-order chi connectivity index (χ0) is 19.4. The van der Waals surface area contributed by atoms with E-state index in [0.717, 1.165) is 5.56 Å². The van der Waals surface area contributed by atoms with Gasteiger partial charge >= 0.3 is 0 Å². The summed E-state index contributed by atoms with van der Waals surface area (Å²) >= 11 is 0. The molecule has 2 amide bonds. The van der Waals surface area contributed by atoms with Crippen LogP contribution in [0.25, 0.3) is 0 Å². The number of nitrogens with two attached hydrogens (primary N) is 1. The second-order valence-electron chi connectivity index (χ2n) is 6.95. The van der Waals surface area contributed by atoms with Gasteiger partial charge in [0.1, 0.15) is 12.1 Å². The molecule has 2 atom stereocenters. The lowest BCUT2D eigenvalue weighted by Crippen LogP contribution is -2.45. The van der Waals surface area contributed by atoms with Gasteiger partial charge in [-0.15, -0.1) is 0 Å². The van der Waals surface area contributed by atoms with Crippen LogP contribution in [0.3, 0.4) is 0 Å². The van der Waals surface area contributed by atoms with Gasteiger partial charge in [-0.2, -0.15) is 0 Å². The van der Waals surface area contributed by atoms with Gasteiger partial charge in [0.15, 0.2) is 5.69 Å². The van der Waals surface area contributed by atoms with Crippen LogP contribution in [-0.4, -0.2) is 51.5 Å². The summed E-state index contributed by atoms with van der Waals surface area (Å²) in [6, 6.07) is 4.69. The minimum atomic E-state index is -0.366. The van der Waals surface area contributed by atoms with E-state index in [-0.39, 0.29) is 35.6 Å². The van der Waals surface area contributed by atoms with Crippen LogP contribution in [0.15, 0.2) is 35.2 Å². The molecule has 0 aliphatic carbocycles. The molecule has 0 aromatic carbocycles. The third-order valence-corrected chi connectivity index (χ3v) is 4.44. The summed E-state index contributed by atoms with van der Waals surface area (Å²) in [5.74, 6) is 0.0563. The van der Waals surface area contributed by atoms with Crippen molar-refractivity contribution in [1.29, 1.82) is 0 Å². The molecule has 0 saturated carbocycles. The predicted molar refractivity (Wildman–Crippen MR) is 98.5 cm³/mol. The van der Waals surface area contributed by atoms with Crippen LogP contribution >= 0.6 is 0 Å². The first-order valence-electron chi connectivity index (χ1n) is 8.89. The number of pyridine rings is 1. The normalized spacial score (nSPS) is 20.0. The van der Waals surface area contributed by atoms with Crippen molar-refractivity contribution in [3.8, 4) is 0 Å². The first-order chi connectivity index (χ1) is 12.9. The topological polar surface area (TPSA) is 126 Å². The van der Waals surface area contributed by atoms with Crippen molar-refractivity contribution in [3.05, 3.63) is 41.9 Å². The predicted octanol–water partition coefficient (Wildman–Crippen LogP) is 0.549. The monoisotopic (exact) mass is 372 g/mol. The molecule has 1 fully saturated rings. The maximum absolute atomic E-state index is 12.7. The molecule has 27 heavy (non-hydrogen) atoms. The molecule has 0 unspecified atom stereocenters. The van der Waals surface area contributed by atoms with Gasteiger partial charge in [0.25, 0.3) is 5.91 Å². The lowest BCUT2D eigenvalue weighted by Gasteiger charge is -2.24. The van der Waals surface area contributed by atoms with Gasteiger partial charge in [0.05, 0.1) is 6.04 Å². The number of amides is 2. The molecule has 9 nitrogen and oxygen atoms in total. The van der Waals surface area contributed by atoms with Crippen molar-refractivity contribution in [3.63, 3.8) is 0 Å². The third kappa shape index (κ3) is 4.62. The molecule has 9 heteroatoms. The van der Waals surface area contributed by atoms with E-state index in [4.69, 9.17) is 10.3 Å². The Morgan fingerprint density at radius 1 is 1.41 bits per heavy atom. The van der Waals surface area contributed by atoms with Crippen molar-refractivity contribution in [2.45, 2.75) is 44.9 Å². The van der Waals surface area contributed by atoms with Crippen LogP contribution in [0.2, 0.25) is 0 Å². The molecule has 1 aliphatic rings. The largest absolute Gasteiger partial charge is 0.383 e. The highest BCUT2D eigenvalue weighted by atomic mass is 16.5. The number of aromatic nitrogens is 2. The molecule has 1 aliphatic heterocycles. The summed E-state index contributed by atoms with van der Waals surface area (Å²) in [7, 11) is 0. The Balaban J connectivity index is 1.73. The van der Waals surface area contributed by atoms with Crippen molar-refractivity contribution < 1.29 is 14.1 Å². The molecule has 0 radical (unpaired) electrons. The van der Waals surface area contributed by atoms with Crippen LogP contribution in [0.1, 0.15) is 36.3 Å². The number of anilines is 1. The Kier molecular flexibility index (Phi) is 5.70. The number of carbonyl (C=O) groups is 2. The molecule has 3 heterocycles. The minimum Gasteiger partial charge on any atom is -0.383 e. The quantitative estimate of drug-likeness (QED) is 0.676. The summed E-state index contributed by atoms with van der Waals surface area (Å²) in [6.07, 6.45) is 3.48. The van der Waals surface area contributed by atoms with E-state index < -0.39 is 0 Å². The van der Waals surface area contributed by atoms with Crippen LogP contribution < -0.4 is 16.4 Å². The van der Waals surface area contributed by atoms with E-state index in [1.54, 1.807) is 6.20 Å². The zero-order valence-corrected chi connectivity index (χ0v) is 15.4. The third-order valence-electron chi connectivity index (χ3n) is 4.44. The number of hydrogen-bond acceptors (Lipinski definition) is 7. The number of carbonyl (C=O) groups excluding carboxylic acids is 2. The maximum Gasteiger partial charge on any atom is 0.273 e. The lowest BCUT2D eigenvalue weighted by atomic mass is 10.1. The molecule has 0 bridgehead atoms. The fourth-order valence-corrected chi connectivity index (χ4v) is 3.23. The smallest absolute Gasteiger partial charge is 0.273 e. The summed E-state index contributed by atoms with van der Waals surface area (Å²) in [6.45, 7) is 4.83. The standard InChI is InChI=1S/C18H24N6O3/c1-11(2)21-18(26)15-8-13(22-17(25)14-5-7-27-23-14)10-24(15)9-12-4-3-6-20-16(12)19/h3-7,11,13,15H,8-10H2,1-2H3,(H2,19,20)(H,21,26)(H,22,25)/t13-,15+/m1/s1. The highest BCUT2D eigenvalue weighted by molar-refractivity contribution is 5.92. The van der Waals surface area contributed by atoms with Gasteiger partial charge in [-0.1, -0.05) is 11.2 Å². The van der Waals surface area contributed by atoms with Crippen molar-refractivity contribution >= 4 is 17.6 Å². The number of nitrogens with one attached hydrogen (secondary N) is 2. The summed E-state index contributed by atoms with van der Waals surface area (Å²) in [4.78, 5) is 31.0. The van der Waals surface area contributed by atoms with Crippen molar-refractivity contribution in [1.82, 2.24) is 25.7 Å². The van der Waals surface area contributed by atoms with Crippen LogP contribution in [0, 0.1) is 0 Å². The number of nitrogens with zero attached hydrogens (tertiary/aromatic N) is 3. The second kappa shape index (κ2) is 8.17. The molecule has 4 N–H and O–H groups in total. The summed E-state index contributed by atoms with van der Waals surface area (Å²) in [5.41, 5.74) is 7.02. The number of hydrogen-bond donors (Lipinski definition) is 3. The fourth-order valence-electron chi connectivity index (χ4n) is 3.23. The molecule has 2 aromatic heterocycles. The molecular formula is C18H24N6O3. The van der Waals surface area contributed by atoms with Crippen LogP contribution in [-0.2, 0) is 11.3 Å².